The zero-order chi connectivity index (χ0) is 45.7. The van der Waals surface area contributed by atoms with Gasteiger partial charge >= 0.3 is 23.9 Å². The molecule has 1 aromatic heterocycles. The first-order valence-electron chi connectivity index (χ1n) is 21.8. The van der Waals surface area contributed by atoms with Gasteiger partial charge in [-0.15, -0.1) is 0 Å². The number of benzene rings is 5. The lowest BCUT2D eigenvalue weighted by molar-refractivity contribution is -0.266. The Bertz CT molecular complexity index is 2610. The van der Waals surface area contributed by atoms with Crippen LogP contribution >= 0.6 is 0 Å². The first-order chi connectivity index (χ1) is 31.6. The van der Waals surface area contributed by atoms with Crippen molar-refractivity contribution < 1.29 is 57.1 Å². The lowest BCUT2D eigenvalue weighted by atomic mass is 9.98. The topological polar surface area (TPSA) is 174 Å². The number of unbranched alkanes of at least 4 members (excludes halogenated alkanes) is 6. The van der Waals surface area contributed by atoms with Gasteiger partial charge < -0.3 is 37.9 Å². The van der Waals surface area contributed by atoms with Crippen molar-refractivity contribution in [2.45, 2.75) is 95.9 Å². The highest BCUT2D eigenvalue weighted by atomic mass is 16.7. The van der Waals surface area contributed by atoms with Crippen LogP contribution < -0.4 is 14.9 Å². The van der Waals surface area contributed by atoms with Crippen molar-refractivity contribution in [2.75, 3.05) is 0 Å². The smallest absolute Gasteiger partial charge is 0.338 e. The highest BCUT2D eigenvalue weighted by Crippen LogP contribution is 2.35. The van der Waals surface area contributed by atoms with Gasteiger partial charge in [0.25, 0.3) is 0 Å². The molecule has 336 valence electrons. The van der Waals surface area contributed by atoms with Gasteiger partial charge in [-0.1, -0.05) is 100 Å². The van der Waals surface area contributed by atoms with E-state index in [1.54, 1.807) is 122 Å². The van der Waals surface area contributed by atoms with Crippen molar-refractivity contribution in [3.63, 3.8) is 0 Å². The molecule has 1 aliphatic rings. The maximum absolute atomic E-state index is 13.7. The predicted molar refractivity (Wildman–Crippen MR) is 240 cm³/mol. The van der Waals surface area contributed by atoms with E-state index in [1.165, 1.54) is 31.0 Å². The molecule has 1 N–H and O–H groups in total. The maximum Gasteiger partial charge on any atom is 0.338 e. The summed E-state index contributed by atoms with van der Waals surface area (Å²) in [5.41, 5.74) is 0.599. The Morgan fingerprint density at radius 1 is 0.615 bits per heavy atom. The van der Waals surface area contributed by atoms with Gasteiger partial charge in [-0.25, -0.2) is 14.4 Å². The van der Waals surface area contributed by atoms with Crippen LogP contribution in [0, 0.1) is 0 Å². The number of carbonyl (C=O) groups excluding carboxylic acids is 4. The molecule has 2 heterocycles. The second-order valence-corrected chi connectivity index (χ2v) is 15.7. The normalized spacial score (nSPS) is 18.0. The molecule has 5 aromatic carbocycles. The van der Waals surface area contributed by atoms with Crippen molar-refractivity contribution >= 4 is 34.8 Å². The Labute approximate surface area is 375 Å². The van der Waals surface area contributed by atoms with Gasteiger partial charge in [0.1, 0.15) is 34.0 Å². The number of rotatable bonds is 18. The number of esters is 4. The van der Waals surface area contributed by atoms with Gasteiger partial charge in [0.15, 0.2) is 17.6 Å². The first kappa shape index (κ1) is 45.8. The third-order valence-corrected chi connectivity index (χ3v) is 10.9. The third-order valence-electron chi connectivity index (χ3n) is 10.9. The minimum absolute atomic E-state index is 0.00866. The van der Waals surface area contributed by atoms with Gasteiger partial charge in [0.05, 0.1) is 22.8 Å². The number of phenols is 1. The van der Waals surface area contributed by atoms with Crippen LogP contribution in [-0.4, -0.2) is 59.7 Å². The monoisotopic (exact) mass is 882 g/mol. The Morgan fingerprint density at radius 2 is 1.14 bits per heavy atom. The fourth-order valence-electron chi connectivity index (χ4n) is 7.48. The van der Waals surface area contributed by atoms with E-state index in [2.05, 4.69) is 6.92 Å². The molecule has 0 radical (unpaired) electrons. The maximum atomic E-state index is 13.7. The highest BCUT2D eigenvalue weighted by Gasteiger charge is 2.52. The largest absolute Gasteiger partial charge is 0.508 e. The molecule has 5 atom stereocenters. The summed E-state index contributed by atoms with van der Waals surface area (Å²) in [6.45, 7) is 3.77. The standard InChI is InChI=1S/C52H50O13/c1-3-4-5-6-7-8-18-25-44(55)62-43-31-38(53)30-42-45(43)40(54)32-41(61-42)34-26-28-39(29-27-34)60-52-48(65-51(58)37-23-16-11-17-24-37)47(64-50(57)36-21-14-10-15-22-36)46(33(2)59-52)63-49(56)35-19-12-9-13-20-35/h9-17,19-24,26-33,46-48,52-53H,3-8,18,25H2,1-2H3/t33-,46-,47+,48+,52-/m1/s1. The van der Waals surface area contributed by atoms with E-state index in [0.717, 1.165) is 25.7 Å². The number of phenolic OH excluding ortho intramolecular Hbond substituents is 1. The van der Waals surface area contributed by atoms with Crippen LogP contribution in [0.2, 0.25) is 0 Å². The highest BCUT2D eigenvalue weighted by molar-refractivity contribution is 5.92. The molecule has 1 fully saturated rings. The molecule has 0 bridgehead atoms. The Morgan fingerprint density at radius 3 is 1.71 bits per heavy atom. The molecule has 13 heteroatoms. The number of carbonyl (C=O) groups is 4. The zero-order valence-electron chi connectivity index (χ0n) is 36.1. The van der Waals surface area contributed by atoms with Crippen molar-refractivity contribution in [1.29, 1.82) is 0 Å². The molecular formula is C52H50O13. The van der Waals surface area contributed by atoms with Gasteiger partial charge in [-0.3, -0.25) is 9.59 Å². The second kappa shape index (κ2) is 21.9. The number of hydrogen-bond acceptors (Lipinski definition) is 13. The summed E-state index contributed by atoms with van der Waals surface area (Å²) in [6, 6.07) is 34.7. The molecule has 6 aromatic rings. The van der Waals surface area contributed by atoms with Crippen LogP contribution in [0.4, 0.5) is 0 Å². The number of ether oxygens (including phenoxy) is 6. The molecule has 65 heavy (non-hydrogen) atoms. The van der Waals surface area contributed by atoms with Crippen LogP contribution in [0.15, 0.2) is 143 Å². The molecule has 0 amide bonds. The number of fused-ring (bicyclic) bond motifs is 1. The van der Waals surface area contributed by atoms with Crippen LogP contribution in [0.1, 0.15) is 96.3 Å². The van der Waals surface area contributed by atoms with E-state index >= 15 is 0 Å². The molecule has 1 saturated heterocycles. The summed E-state index contributed by atoms with van der Waals surface area (Å²) < 4.78 is 42.4. The number of aromatic hydroxyl groups is 1. The van der Waals surface area contributed by atoms with Crippen LogP contribution in [0.3, 0.4) is 0 Å². The molecule has 0 saturated carbocycles. The second-order valence-electron chi connectivity index (χ2n) is 15.7. The van der Waals surface area contributed by atoms with Crippen LogP contribution in [-0.2, 0) is 23.7 Å². The SMILES string of the molecule is CCCCCCCCCC(=O)Oc1cc(O)cc2oc(-c3ccc(O[C@H]4O[C@H](C)[C@@H](OC(=O)c5ccccc5)[C@H](OC(=O)c5ccccc5)[C@@H]4OC(=O)c4ccccc4)cc3)cc(=O)c12. The minimum atomic E-state index is -1.48. The Kier molecular flexibility index (Phi) is 15.4. The van der Waals surface area contributed by atoms with Crippen molar-refractivity contribution in [3.8, 4) is 28.6 Å². The van der Waals surface area contributed by atoms with Crippen molar-refractivity contribution in [2.24, 2.45) is 0 Å². The lowest BCUT2D eigenvalue weighted by Gasteiger charge is -2.43. The van der Waals surface area contributed by atoms with Crippen molar-refractivity contribution in [3.05, 3.63) is 160 Å². The minimum Gasteiger partial charge on any atom is -0.508 e. The summed E-state index contributed by atoms with van der Waals surface area (Å²) in [5.74, 6) is -2.77. The van der Waals surface area contributed by atoms with Gasteiger partial charge in [-0.05, 0) is 74.0 Å². The van der Waals surface area contributed by atoms with Gasteiger partial charge in [0, 0.05) is 30.2 Å². The molecule has 7 rings (SSSR count). The fraction of sp³-hybridized carbons (Fsp3) is 0.288. The number of hydrogen-bond donors (Lipinski definition) is 1. The van der Waals surface area contributed by atoms with E-state index in [9.17, 15) is 29.1 Å². The fourth-order valence-corrected chi connectivity index (χ4v) is 7.48. The van der Waals surface area contributed by atoms with Gasteiger partial charge in [0.2, 0.25) is 12.4 Å². The van der Waals surface area contributed by atoms with E-state index in [-0.39, 0.29) is 57.1 Å². The molecule has 1 aliphatic heterocycles. The zero-order valence-corrected chi connectivity index (χ0v) is 36.1. The van der Waals surface area contributed by atoms with Gasteiger partial charge in [-0.2, -0.15) is 0 Å². The predicted octanol–water partition coefficient (Wildman–Crippen LogP) is 10.0. The van der Waals surface area contributed by atoms with E-state index < -0.39 is 60.0 Å². The summed E-state index contributed by atoms with van der Waals surface area (Å²) in [6.07, 6.45) is 0.841. The molecule has 0 unspecified atom stereocenters. The molecular weight excluding hydrogens is 833 g/mol. The third kappa shape index (κ3) is 11.9. The van der Waals surface area contributed by atoms with E-state index in [4.69, 9.17) is 32.8 Å². The van der Waals surface area contributed by atoms with E-state index in [0.29, 0.717) is 12.0 Å². The Balaban J connectivity index is 1.13. The van der Waals surface area contributed by atoms with Crippen LogP contribution in [0.25, 0.3) is 22.3 Å². The Hall–Kier alpha value is -7.25. The average molecular weight is 883 g/mol. The summed E-state index contributed by atoms with van der Waals surface area (Å²) in [4.78, 5) is 67.1. The van der Waals surface area contributed by atoms with Crippen molar-refractivity contribution in [1.82, 2.24) is 0 Å². The first-order valence-corrected chi connectivity index (χ1v) is 21.8. The average Bonchev–Trinajstić information content (AvgIpc) is 3.31. The summed E-state index contributed by atoms with van der Waals surface area (Å²) in [7, 11) is 0. The van der Waals surface area contributed by atoms with E-state index in [1.807, 2.05) is 0 Å². The molecule has 0 spiro atoms. The van der Waals surface area contributed by atoms with Crippen LogP contribution in [0.5, 0.6) is 17.2 Å². The quantitative estimate of drug-likeness (QED) is 0.0374. The molecule has 13 nitrogen and oxygen atoms in total. The summed E-state index contributed by atoms with van der Waals surface area (Å²) >= 11 is 0. The lowest BCUT2D eigenvalue weighted by Crippen LogP contribution is -2.62. The molecule has 0 aliphatic carbocycles. The summed E-state index contributed by atoms with van der Waals surface area (Å²) in [5, 5.41) is 10.5.